The average molecular weight is 446 g/mol. The maximum Gasteiger partial charge on any atom is 0.481 e. The molecule has 160 valence electrons. The van der Waals surface area contributed by atoms with E-state index in [1.165, 1.54) is 12.3 Å². The van der Waals surface area contributed by atoms with Gasteiger partial charge in [0.25, 0.3) is 0 Å². The van der Waals surface area contributed by atoms with Crippen molar-refractivity contribution in [2.75, 3.05) is 25.5 Å². The molecule has 28 heavy (non-hydrogen) atoms. The van der Waals surface area contributed by atoms with Gasteiger partial charge in [0.15, 0.2) is 6.23 Å². The van der Waals surface area contributed by atoms with E-state index in [0.29, 0.717) is 0 Å². The molecule has 1 aromatic rings. The van der Waals surface area contributed by atoms with Crippen LogP contribution in [0.2, 0.25) is 0 Å². The summed E-state index contributed by atoms with van der Waals surface area (Å²) in [6.45, 7) is -0.0691. The van der Waals surface area contributed by atoms with Crippen molar-refractivity contribution in [1.82, 2.24) is 9.55 Å². The third kappa shape index (κ3) is 6.14. The number of aliphatic hydroxyl groups excluding tert-OH is 1. The second-order valence-corrected chi connectivity index (χ2v) is 8.35. The largest absolute Gasteiger partial charge is 0.481 e. The number of anilines is 1. The number of nitrogens with two attached hydrogens (primary N) is 2. The van der Waals surface area contributed by atoms with Crippen molar-refractivity contribution in [3.8, 4) is 0 Å². The molecule has 8 N–H and O–H groups in total. The SMILES string of the molecule is NCCOC[C@H]1O[C@@H](n2ccc(N)nc2=O)[C@H](O)[C@@H]1OP(=O)(O)OP(=O)(O)O. The molecular weight excluding hydrogens is 426 g/mol. The van der Waals surface area contributed by atoms with Crippen LogP contribution in [-0.4, -0.2) is 67.4 Å². The van der Waals surface area contributed by atoms with Crippen LogP contribution >= 0.6 is 15.6 Å². The Balaban J connectivity index is 2.27. The number of aliphatic hydroxyl groups is 1. The fourth-order valence-corrected chi connectivity index (χ4v) is 4.22. The van der Waals surface area contributed by atoms with Crippen molar-refractivity contribution in [3.63, 3.8) is 0 Å². The van der Waals surface area contributed by atoms with E-state index in [4.69, 9.17) is 35.3 Å². The monoisotopic (exact) mass is 446 g/mol. The summed E-state index contributed by atoms with van der Waals surface area (Å²) in [6, 6.07) is 1.25. The summed E-state index contributed by atoms with van der Waals surface area (Å²) >= 11 is 0. The van der Waals surface area contributed by atoms with E-state index < -0.39 is 45.9 Å². The molecule has 1 aromatic heterocycles. The molecule has 1 aliphatic rings. The normalized spacial score (nSPS) is 27.6. The number of rotatable bonds is 9. The van der Waals surface area contributed by atoms with E-state index in [1.54, 1.807) is 0 Å². The van der Waals surface area contributed by atoms with Gasteiger partial charge < -0.3 is 40.7 Å². The van der Waals surface area contributed by atoms with E-state index in [-0.39, 0.29) is 25.6 Å². The molecule has 0 amide bonds. The van der Waals surface area contributed by atoms with Gasteiger partial charge in [-0.05, 0) is 6.07 Å². The zero-order chi connectivity index (χ0) is 21.1. The van der Waals surface area contributed by atoms with Gasteiger partial charge in [-0.15, -0.1) is 0 Å². The van der Waals surface area contributed by atoms with Crippen molar-refractivity contribution >= 4 is 21.5 Å². The smallest absolute Gasteiger partial charge is 0.386 e. The molecule has 0 aliphatic carbocycles. The molecule has 15 nitrogen and oxygen atoms in total. The Hall–Kier alpha value is -1.22. The first-order valence-corrected chi connectivity index (χ1v) is 10.7. The lowest BCUT2D eigenvalue weighted by Gasteiger charge is -2.23. The summed E-state index contributed by atoms with van der Waals surface area (Å²) in [7, 11) is -10.7. The van der Waals surface area contributed by atoms with Crippen LogP contribution in [-0.2, 0) is 27.4 Å². The second-order valence-electron chi connectivity index (χ2n) is 5.57. The Bertz CT molecular complexity index is 829. The maximum atomic E-state index is 12.0. The predicted molar refractivity (Wildman–Crippen MR) is 90.5 cm³/mol. The summed E-state index contributed by atoms with van der Waals surface area (Å²) < 4.78 is 42.6. The first-order valence-electron chi connectivity index (χ1n) is 7.67. The molecule has 0 spiro atoms. The van der Waals surface area contributed by atoms with Gasteiger partial charge in [0.05, 0.1) is 13.2 Å². The lowest BCUT2D eigenvalue weighted by molar-refractivity contribution is -0.0670. The van der Waals surface area contributed by atoms with E-state index in [0.717, 1.165) is 4.57 Å². The third-order valence-corrected chi connectivity index (χ3v) is 5.63. The Morgan fingerprint density at radius 2 is 2.00 bits per heavy atom. The van der Waals surface area contributed by atoms with E-state index >= 15 is 0 Å². The van der Waals surface area contributed by atoms with Crippen LogP contribution in [0.15, 0.2) is 17.1 Å². The highest BCUT2D eigenvalue weighted by Gasteiger charge is 2.50. The van der Waals surface area contributed by atoms with Crippen molar-refractivity contribution < 1.29 is 47.2 Å². The highest BCUT2D eigenvalue weighted by molar-refractivity contribution is 7.60. The molecule has 0 radical (unpaired) electrons. The van der Waals surface area contributed by atoms with Crippen molar-refractivity contribution in [1.29, 1.82) is 0 Å². The van der Waals surface area contributed by atoms with Crippen LogP contribution in [0.25, 0.3) is 0 Å². The summed E-state index contributed by atoms with van der Waals surface area (Å²) in [4.78, 5) is 42.4. The highest BCUT2D eigenvalue weighted by Crippen LogP contribution is 2.59. The summed E-state index contributed by atoms with van der Waals surface area (Å²) in [5.41, 5.74) is 9.81. The number of nitrogen functional groups attached to an aromatic ring is 1. The van der Waals surface area contributed by atoms with Gasteiger partial charge in [-0.25, -0.2) is 13.9 Å². The Morgan fingerprint density at radius 3 is 2.57 bits per heavy atom. The molecule has 1 aliphatic heterocycles. The zero-order valence-electron chi connectivity index (χ0n) is 14.2. The van der Waals surface area contributed by atoms with Crippen LogP contribution in [0.4, 0.5) is 5.82 Å². The number of phosphoric acid groups is 2. The minimum atomic E-state index is -5.38. The van der Waals surface area contributed by atoms with Crippen LogP contribution in [0.1, 0.15) is 6.23 Å². The molecule has 17 heteroatoms. The molecule has 5 atom stereocenters. The lowest BCUT2D eigenvalue weighted by atomic mass is 10.1. The molecule has 1 unspecified atom stereocenters. The van der Waals surface area contributed by atoms with Crippen molar-refractivity contribution in [2.24, 2.45) is 5.73 Å². The Morgan fingerprint density at radius 1 is 1.32 bits per heavy atom. The molecule has 0 bridgehead atoms. The van der Waals surface area contributed by atoms with Crippen LogP contribution in [0.5, 0.6) is 0 Å². The molecule has 1 fully saturated rings. The fraction of sp³-hybridized carbons (Fsp3) is 0.636. The minimum Gasteiger partial charge on any atom is -0.386 e. The van der Waals surface area contributed by atoms with Crippen LogP contribution < -0.4 is 17.2 Å². The van der Waals surface area contributed by atoms with Gasteiger partial charge >= 0.3 is 21.3 Å². The maximum absolute atomic E-state index is 12.0. The molecule has 2 rings (SSSR count). The second kappa shape index (κ2) is 9.07. The fourth-order valence-electron chi connectivity index (χ4n) is 2.42. The number of aromatic nitrogens is 2. The lowest BCUT2D eigenvalue weighted by Crippen LogP contribution is -2.38. The van der Waals surface area contributed by atoms with Crippen molar-refractivity contribution in [3.05, 3.63) is 22.7 Å². The number of hydrogen-bond donors (Lipinski definition) is 6. The molecule has 0 aromatic carbocycles. The average Bonchev–Trinajstić information content (AvgIpc) is 2.82. The molecular formula is C11H20N4O11P2. The number of hydrogen-bond acceptors (Lipinski definition) is 11. The van der Waals surface area contributed by atoms with Gasteiger partial charge in [0.1, 0.15) is 24.1 Å². The number of nitrogens with zero attached hydrogens (tertiary/aromatic N) is 2. The summed E-state index contributed by atoms with van der Waals surface area (Å²) in [5.74, 6) is -0.0840. The minimum absolute atomic E-state index is 0.0759. The molecule has 1 saturated heterocycles. The Labute approximate surface area is 157 Å². The first-order chi connectivity index (χ1) is 12.9. The topological polar surface area (TPSA) is 239 Å². The number of ether oxygens (including phenoxy) is 2. The van der Waals surface area contributed by atoms with Crippen LogP contribution in [0, 0.1) is 0 Å². The van der Waals surface area contributed by atoms with Crippen LogP contribution in [0.3, 0.4) is 0 Å². The van der Waals surface area contributed by atoms with Crippen molar-refractivity contribution in [2.45, 2.75) is 24.5 Å². The highest BCUT2D eigenvalue weighted by atomic mass is 31.3. The third-order valence-electron chi connectivity index (χ3n) is 3.44. The van der Waals surface area contributed by atoms with Gasteiger partial charge in [-0.1, -0.05) is 0 Å². The van der Waals surface area contributed by atoms with E-state index in [2.05, 4.69) is 9.29 Å². The van der Waals surface area contributed by atoms with Gasteiger partial charge in [-0.2, -0.15) is 9.29 Å². The Kier molecular flexibility index (Phi) is 7.47. The first kappa shape index (κ1) is 23.1. The van der Waals surface area contributed by atoms with Gasteiger partial charge in [0.2, 0.25) is 0 Å². The van der Waals surface area contributed by atoms with E-state index in [9.17, 15) is 23.9 Å². The van der Waals surface area contributed by atoms with Gasteiger partial charge in [-0.3, -0.25) is 9.09 Å². The van der Waals surface area contributed by atoms with Gasteiger partial charge in [0, 0.05) is 12.7 Å². The van der Waals surface area contributed by atoms with E-state index in [1.807, 2.05) is 0 Å². The zero-order valence-corrected chi connectivity index (χ0v) is 16.0. The standard InChI is InChI=1S/C11H20N4O11P2/c12-2-4-23-5-6-9(25-28(21,22)26-27(18,19)20)8(16)10(24-6)15-3-1-7(13)14-11(15)17/h1,3,6,8-10,16H,2,4-5,12H2,(H,21,22)(H2,13,14,17)(H2,18,19,20)/t6-,8-,9-,10-/m1/s1. The molecule has 0 saturated carbocycles. The summed E-state index contributed by atoms with van der Waals surface area (Å²) in [6.07, 6.45) is -4.88. The molecule has 2 heterocycles. The predicted octanol–water partition coefficient (Wildman–Crippen LogP) is -2.35. The quantitative estimate of drug-likeness (QED) is 0.172. The summed E-state index contributed by atoms with van der Waals surface area (Å²) in [5, 5.41) is 10.5. The number of phosphoric ester groups is 1.